The van der Waals surface area contributed by atoms with Crippen molar-refractivity contribution in [2.24, 2.45) is 11.7 Å². The molecule has 2 N–H and O–H groups in total. The maximum absolute atomic E-state index is 6.05. The monoisotopic (exact) mass is 301 g/mol. The Hall–Kier alpha value is -0.510. The molecule has 2 rings (SSSR count). The minimum Gasteiger partial charge on any atom is -0.458 e. The van der Waals surface area contributed by atoms with E-state index in [0.29, 0.717) is 10.9 Å². The number of nitrogens with two attached hydrogens (primary N) is 1. The second-order valence-electron chi connectivity index (χ2n) is 4.22. The van der Waals surface area contributed by atoms with Crippen molar-refractivity contribution in [1.29, 1.82) is 0 Å². The van der Waals surface area contributed by atoms with Gasteiger partial charge in [0.25, 0.3) is 0 Å². The molecular formula is C12H13BrClNO. The molecule has 86 valence electrons. The molecule has 0 spiro atoms. The second kappa shape index (κ2) is 4.40. The van der Waals surface area contributed by atoms with E-state index in [1.807, 2.05) is 18.2 Å². The third-order valence-corrected chi connectivity index (χ3v) is 3.41. The first-order valence-corrected chi connectivity index (χ1v) is 6.30. The van der Waals surface area contributed by atoms with Gasteiger partial charge in [-0.25, -0.2) is 0 Å². The zero-order valence-electron chi connectivity index (χ0n) is 9.13. The largest absolute Gasteiger partial charge is 0.458 e. The van der Waals surface area contributed by atoms with Gasteiger partial charge in [-0.3, -0.25) is 0 Å². The van der Waals surface area contributed by atoms with E-state index >= 15 is 0 Å². The van der Waals surface area contributed by atoms with E-state index in [0.717, 1.165) is 21.2 Å². The second-order valence-corrected chi connectivity index (χ2v) is 5.52. The van der Waals surface area contributed by atoms with E-state index in [2.05, 4.69) is 29.8 Å². The van der Waals surface area contributed by atoms with Crippen LogP contribution in [0.4, 0.5) is 0 Å². The summed E-state index contributed by atoms with van der Waals surface area (Å²) in [7, 11) is 0. The summed E-state index contributed by atoms with van der Waals surface area (Å²) in [4.78, 5) is 0. The zero-order chi connectivity index (χ0) is 11.9. The van der Waals surface area contributed by atoms with Gasteiger partial charge in [0.1, 0.15) is 11.3 Å². The van der Waals surface area contributed by atoms with Crippen molar-refractivity contribution in [3.05, 3.63) is 33.5 Å². The van der Waals surface area contributed by atoms with Gasteiger partial charge in [0, 0.05) is 10.4 Å². The molecule has 1 atom stereocenters. The summed E-state index contributed by atoms with van der Waals surface area (Å²) in [5.41, 5.74) is 6.85. The number of benzene rings is 1. The van der Waals surface area contributed by atoms with Crippen molar-refractivity contribution in [2.75, 3.05) is 0 Å². The highest BCUT2D eigenvalue weighted by molar-refractivity contribution is 9.10. The Kier molecular flexibility index (Phi) is 3.29. The molecule has 0 aliphatic carbocycles. The molecule has 16 heavy (non-hydrogen) atoms. The Balaban J connectivity index is 2.56. The lowest BCUT2D eigenvalue weighted by Gasteiger charge is -2.11. The van der Waals surface area contributed by atoms with Crippen molar-refractivity contribution in [3.8, 4) is 0 Å². The van der Waals surface area contributed by atoms with Crippen LogP contribution in [-0.4, -0.2) is 0 Å². The Bertz CT molecular complexity index is 521. The van der Waals surface area contributed by atoms with Crippen LogP contribution in [0.1, 0.15) is 25.6 Å². The Morgan fingerprint density at radius 3 is 2.62 bits per heavy atom. The molecule has 0 bridgehead atoms. The zero-order valence-corrected chi connectivity index (χ0v) is 11.5. The fourth-order valence-electron chi connectivity index (χ4n) is 1.59. The molecule has 1 unspecified atom stereocenters. The van der Waals surface area contributed by atoms with E-state index in [4.69, 9.17) is 21.8 Å². The van der Waals surface area contributed by atoms with Crippen LogP contribution in [0.25, 0.3) is 11.0 Å². The van der Waals surface area contributed by atoms with Gasteiger partial charge in [-0.05, 0) is 40.0 Å². The van der Waals surface area contributed by atoms with E-state index in [1.165, 1.54) is 0 Å². The standard InChI is InChI=1S/C12H13BrClNO/c1-6(2)11(15)10-4-7-3-8(14)5-9(13)12(7)16-10/h3-6,11H,15H2,1-2H3. The lowest BCUT2D eigenvalue weighted by molar-refractivity contribution is 0.418. The quantitative estimate of drug-likeness (QED) is 0.887. The Morgan fingerprint density at radius 2 is 2.00 bits per heavy atom. The number of hydrogen-bond acceptors (Lipinski definition) is 2. The van der Waals surface area contributed by atoms with E-state index < -0.39 is 0 Å². The average molecular weight is 303 g/mol. The summed E-state index contributed by atoms with van der Waals surface area (Å²) in [5.74, 6) is 1.14. The maximum Gasteiger partial charge on any atom is 0.148 e. The molecule has 0 saturated carbocycles. The summed E-state index contributed by atoms with van der Waals surface area (Å²) in [5, 5.41) is 1.66. The summed E-state index contributed by atoms with van der Waals surface area (Å²) < 4.78 is 6.60. The molecule has 0 radical (unpaired) electrons. The molecule has 2 aromatic rings. The smallest absolute Gasteiger partial charge is 0.148 e. The van der Waals surface area contributed by atoms with E-state index in [1.54, 1.807) is 0 Å². The Morgan fingerprint density at radius 1 is 1.31 bits per heavy atom. The molecule has 1 heterocycles. The van der Waals surface area contributed by atoms with Gasteiger partial charge in [0.15, 0.2) is 0 Å². The minimum atomic E-state index is -0.0851. The predicted molar refractivity (Wildman–Crippen MR) is 70.7 cm³/mol. The molecular weight excluding hydrogens is 289 g/mol. The van der Waals surface area contributed by atoms with Crippen LogP contribution < -0.4 is 5.73 Å². The SMILES string of the molecule is CC(C)C(N)c1cc2cc(Cl)cc(Br)c2o1. The van der Waals surface area contributed by atoms with Crippen molar-refractivity contribution < 1.29 is 4.42 Å². The summed E-state index contributed by atoms with van der Waals surface area (Å²) in [6, 6.07) is 5.56. The van der Waals surface area contributed by atoms with Crippen LogP contribution in [0, 0.1) is 5.92 Å². The number of fused-ring (bicyclic) bond motifs is 1. The fourth-order valence-corrected chi connectivity index (χ4v) is 2.50. The molecule has 0 fully saturated rings. The molecule has 1 aromatic heterocycles. The van der Waals surface area contributed by atoms with Crippen LogP contribution in [0.3, 0.4) is 0 Å². The summed E-state index contributed by atoms with van der Waals surface area (Å²) in [6.07, 6.45) is 0. The highest BCUT2D eigenvalue weighted by Crippen LogP contribution is 2.33. The van der Waals surface area contributed by atoms with Crippen LogP contribution in [-0.2, 0) is 0 Å². The van der Waals surface area contributed by atoms with Gasteiger partial charge in [-0.2, -0.15) is 0 Å². The molecule has 2 nitrogen and oxygen atoms in total. The van der Waals surface area contributed by atoms with Crippen molar-refractivity contribution in [1.82, 2.24) is 0 Å². The lowest BCUT2D eigenvalue weighted by atomic mass is 10.0. The number of halogens is 2. The molecule has 0 aliphatic heterocycles. The number of furan rings is 1. The highest BCUT2D eigenvalue weighted by atomic mass is 79.9. The van der Waals surface area contributed by atoms with Gasteiger partial charge in [-0.1, -0.05) is 25.4 Å². The van der Waals surface area contributed by atoms with Gasteiger partial charge < -0.3 is 10.2 Å². The topological polar surface area (TPSA) is 39.2 Å². The molecule has 0 amide bonds. The van der Waals surface area contributed by atoms with Crippen LogP contribution in [0.15, 0.2) is 27.1 Å². The van der Waals surface area contributed by atoms with Crippen molar-refractivity contribution in [2.45, 2.75) is 19.9 Å². The summed E-state index contributed by atoms with van der Waals surface area (Å²) in [6.45, 7) is 4.14. The normalized spacial score (nSPS) is 13.6. The Labute approximate surface area is 108 Å². The van der Waals surface area contributed by atoms with Crippen molar-refractivity contribution >= 4 is 38.5 Å². The predicted octanol–water partition coefficient (Wildman–Crippen LogP) is 4.50. The van der Waals surface area contributed by atoms with Crippen LogP contribution >= 0.6 is 27.5 Å². The first-order valence-electron chi connectivity index (χ1n) is 5.13. The minimum absolute atomic E-state index is 0.0851. The number of hydrogen-bond donors (Lipinski definition) is 1. The van der Waals surface area contributed by atoms with Crippen molar-refractivity contribution in [3.63, 3.8) is 0 Å². The lowest BCUT2D eigenvalue weighted by Crippen LogP contribution is -2.15. The van der Waals surface area contributed by atoms with E-state index in [-0.39, 0.29) is 6.04 Å². The van der Waals surface area contributed by atoms with E-state index in [9.17, 15) is 0 Å². The average Bonchev–Trinajstić information content (AvgIpc) is 2.60. The first kappa shape index (κ1) is 12.0. The van der Waals surface area contributed by atoms with Gasteiger partial charge in [0.2, 0.25) is 0 Å². The van der Waals surface area contributed by atoms with Crippen LogP contribution in [0.2, 0.25) is 5.02 Å². The van der Waals surface area contributed by atoms with Gasteiger partial charge in [-0.15, -0.1) is 0 Å². The van der Waals surface area contributed by atoms with Crippen LogP contribution in [0.5, 0.6) is 0 Å². The molecule has 0 aliphatic rings. The van der Waals surface area contributed by atoms with Gasteiger partial charge in [0.05, 0.1) is 10.5 Å². The fraction of sp³-hybridized carbons (Fsp3) is 0.333. The molecule has 1 aromatic carbocycles. The maximum atomic E-state index is 6.05. The highest BCUT2D eigenvalue weighted by Gasteiger charge is 2.16. The molecule has 4 heteroatoms. The molecule has 0 saturated heterocycles. The summed E-state index contributed by atoms with van der Waals surface area (Å²) >= 11 is 9.40. The van der Waals surface area contributed by atoms with Gasteiger partial charge >= 0.3 is 0 Å². The third-order valence-electron chi connectivity index (χ3n) is 2.60. The first-order chi connectivity index (χ1) is 7.49. The number of rotatable bonds is 2. The third kappa shape index (κ3) is 2.12.